The lowest BCUT2D eigenvalue weighted by molar-refractivity contribution is -0.114. The second kappa shape index (κ2) is 11.2. The van der Waals surface area contributed by atoms with Crippen molar-refractivity contribution in [3.8, 4) is 17.2 Å². The molecular formula is C27H20BrFN4O4S. The molecule has 3 aromatic carbocycles. The molecule has 192 valence electrons. The molecule has 1 amide bonds. The molecule has 0 unspecified atom stereocenters. The highest BCUT2D eigenvalue weighted by Gasteiger charge is 2.35. The number of methoxy groups -OCH3 is 1. The van der Waals surface area contributed by atoms with Crippen LogP contribution in [0, 0.1) is 11.2 Å². The summed E-state index contributed by atoms with van der Waals surface area (Å²) < 4.78 is 31.6. The van der Waals surface area contributed by atoms with E-state index < -0.39 is 5.91 Å². The summed E-state index contributed by atoms with van der Waals surface area (Å²) in [6, 6.07) is 19.0. The predicted octanol–water partition coefficient (Wildman–Crippen LogP) is 5.87. The lowest BCUT2D eigenvalue weighted by Crippen LogP contribution is -2.35. The lowest BCUT2D eigenvalue weighted by Gasteiger charge is -2.20. The average Bonchev–Trinajstić information content (AvgIpc) is 3.33. The zero-order valence-corrected chi connectivity index (χ0v) is 22.4. The standard InChI is InChI=1S/C27H20BrFN4O4S/c1-35-22-13-16(12-20(28)24(22)37-14-17-7-5-6-10-21(17)29)11-19-25(30)33-27(31-26(19)34)38-23(32-33)15-36-18-8-3-2-4-9-18/h2-13,30H,14-15H2,1H3. The maximum atomic E-state index is 14.0. The minimum atomic E-state index is -0.552. The summed E-state index contributed by atoms with van der Waals surface area (Å²) in [5, 5.41) is 15.2. The van der Waals surface area contributed by atoms with Gasteiger partial charge in [0.2, 0.25) is 5.17 Å². The Morgan fingerprint density at radius 3 is 2.61 bits per heavy atom. The van der Waals surface area contributed by atoms with Gasteiger partial charge in [0.1, 0.15) is 29.8 Å². The first-order chi connectivity index (χ1) is 18.4. The van der Waals surface area contributed by atoms with Gasteiger partial charge in [-0.25, -0.2) is 4.39 Å². The molecule has 2 aliphatic rings. The van der Waals surface area contributed by atoms with Crippen molar-refractivity contribution in [1.29, 1.82) is 5.41 Å². The lowest BCUT2D eigenvalue weighted by atomic mass is 10.1. The van der Waals surface area contributed by atoms with Crippen molar-refractivity contribution >= 4 is 55.7 Å². The number of benzene rings is 3. The third-order valence-corrected chi connectivity index (χ3v) is 6.97. The number of ether oxygens (including phenoxy) is 3. The van der Waals surface area contributed by atoms with Crippen LogP contribution in [0.4, 0.5) is 4.39 Å². The van der Waals surface area contributed by atoms with Crippen molar-refractivity contribution in [2.45, 2.75) is 6.61 Å². The molecule has 0 aromatic heterocycles. The van der Waals surface area contributed by atoms with E-state index in [1.54, 1.807) is 30.3 Å². The Labute approximate surface area is 230 Å². The van der Waals surface area contributed by atoms with Crippen LogP contribution in [0.5, 0.6) is 17.2 Å². The van der Waals surface area contributed by atoms with Crippen LogP contribution >= 0.6 is 27.7 Å². The van der Waals surface area contributed by atoms with E-state index in [0.717, 1.165) is 0 Å². The number of thioether (sulfide) groups is 1. The van der Waals surface area contributed by atoms with E-state index in [4.69, 9.17) is 19.6 Å². The highest BCUT2D eigenvalue weighted by Crippen LogP contribution is 2.38. The number of hydrogen-bond donors (Lipinski definition) is 1. The van der Waals surface area contributed by atoms with Gasteiger partial charge in [0, 0.05) is 5.56 Å². The van der Waals surface area contributed by atoms with Gasteiger partial charge in [-0.2, -0.15) is 15.1 Å². The van der Waals surface area contributed by atoms with Gasteiger partial charge in [-0.15, -0.1) is 0 Å². The molecular weight excluding hydrogens is 575 g/mol. The van der Waals surface area contributed by atoms with Crippen LogP contribution in [0.3, 0.4) is 0 Å². The first-order valence-corrected chi connectivity index (χ1v) is 12.9. The monoisotopic (exact) mass is 594 g/mol. The normalized spacial score (nSPS) is 15.8. The molecule has 0 atom stereocenters. The zero-order chi connectivity index (χ0) is 26.6. The molecule has 0 aliphatic carbocycles. The first-order valence-electron chi connectivity index (χ1n) is 11.3. The smallest absolute Gasteiger partial charge is 0.283 e. The molecule has 0 spiro atoms. The number of aliphatic imine (C=N–C) groups is 1. The maximum absolute atomic E-state index is 14.0. The quantitative estimate of drug-likeness (QED) is 0.327. The number of hydrogen-bond acceptors (Lipinski definition) is 7. The van der Waals surface area contributed by atoms with Crippen molar-refractivity contribution in [1.82, 2.24) is 5.01 Å². The molecule has 2 heterocycles. The van der Waals surface area contributed by atoms with Crippen molar-refractivity contribution in [3.63, 3.8) is 0 Å². The van der Waals surface area contributed by atoms with E-state index in [0.29, 0.717) is 43.1 Å². The van der Waals surface area contributed by atoms with E-state index in [1.807, 2.05) is 30.3 Å². The molecule has 2 aliphatic heterocycles. The Balaban J connectivity index is 1.35. The molecule has 38 heavy (non-hydrogen) atoms. The highest BCUT2D eigenvalue weighted by atomic mass is 79.9. The van der Waals surface area contributed by atoms with Gasteiger partial charge in [0.25, 0.3) is 5.91 Å². The van der Waals surface area contributed by atoms with E-state index >= 15 is 0 Å². The summed E-state index contributed by atoms with van der Waals surface area (Å²) in [4.78, 5) is 16.9. The molecule has 11 heteroatoms. The Kier molecular flexibility index (Phi) is 7.57. The van der Waals surface area contributed by atoms with E-state index in [9.17, 15) is 9.18 Å². The number of para-hydroxylation sites is 1. The number of carbonyl (C=O) groups is 1. The molecule has 0 radical (unpaired) electrons. The molecule has 5 rings (SSSR count). The third-order valence-electron chi connectivity index (χ3n) is 5.49. The van der Waals surface area contributed by atoms with Gasteiger partial charge in [-0.1, -0.05) is 36.4 Å². The minimum Gasteiger partial charge on any atom is -0.493 e. The molecule has 0 saturated heterocycles. The predicted molar refractivity (Wildman–Crippen MR) is 148 cm³/mol. The number of nitrogens with zero attached hydrogens (tertiary/aromatic N) is 3. The molecule has 0 saturated carbocycles. The van der Waals surface area contributed by atoms with Crippen molar-refractivity contribution in [2.24, 2.45) is 10.1 Å². The molecule has 1 N–H and O–H groups in total. The van der Waals surface area contributed by atoms with Crippen molar-refractivity contribution in [3.05, 3.63) is 93.7 Å². The Hall–Kier alpha value is -3.96. The summed E-state index contributed by atoms with van der Waals surface area (Å²) in [5.41, 5.74) is 1.04. The Bertz CT molecular complexity index is 1510. The van der Waals surface area contributed by atoms with Gasteiger partial charge in [-0.05, 0) is 69.7 Å². The van der Waals surface area contributed by atoms with Gasteiger partial charge < -0.3 is 14.2 Å². The number of carbonyl (C=O) groups excluding carboxylic acids is 1. The van der Waals surface area contributed by atoms with Gasteiger partial charge in [0.05, 0.1) is 17.2 Å². The SMILES string of the molecule is COc1cc(C=C2C(=N)N3N=C(COc4ccccc4)SC3=NC2=O)cc(Br)c1OCc1ccccc1F. The summed E-state index contributed by atoms with van der Waals surface area (Å²) in [6.07, 6.45) is 1.54. The van der Waals surface area contributed by atoms with E-state index in [-0.39, 0.29) is 30.4 Å². The summed E-state index contributed by atoms with van der Waals surface area (Å²) in [6.45, 7) is 0.187. The van der Waals surface area contributed by atoms with Crippen LogP contribution in [0.15, 0.2) is 86.9 Å². The van der Waals surface area contributed by atoms with Crippen LogP contribution in [0.2, 0.25) is 0 Å². The number of halogens is 2. The number of fused-ring (bicyclic) bond motifs is 1. The zero-order valence-electron chi connectivity index (χ0n) is 20.0. The molecule has 0 bridgehead atoms. The van der Waals surface area contributed by atoms with Gasteiger partial charge >= 0.3 is 0 Å². The van der Waals surface area contributed by atoms with Crippen LogP contribution in [0.1, 0.15) is 11.1 Å². The number of nitrogens with one attached hydrogen (secondary N) is 1. The second-order valence-electron chi connectivity index (χ2n) is 8.03. The number of hydrazone groups is 1. The highest BCUT2D eigenvalue weighted by molar-refractivity contribution is 9.10. The summed E-state index contributed by atoms with van der Waals surface area (Å²) in [5.74, 6) is 0.427. The summed E-state index contributed by atoms with van der Waals surface area (Å²) in [7, 11) is 1.48. The second-order valence-corrected chi connectivity index (χ2v) is 9.92. The third kappa shape index (κ3) is 5.48. The fourth-order valence-electron chi connectivity index (χ4n) is 3.65. The van der Waals surface area contributed by atoms with Gasteiger partial charge in [-0.3, -0.25) is 10.2 Å². The van der Waals surface area contributed by atoms with Crippen LogP contribution in [-0.2, 0) is 11.4 Å². The average molecular weight is 595 g/mol. The maximum Gasteiger partial charge on any atom is 0.283 e. The van der Waals surface area contributed by atoms with Crippen LogP contribution in [0.25, 0.3) is 6.08 Å². The van der Waals surface area contributed by atoms with Crippen molar-refractivity contribution in [2.75, 3.05) is 13.7 Å². The Morgan fingerprint density at radius 2 is 1.84 bits per heavy atom. The van der Waals surface area contributed by atoms with E-state index in [1.165, 1.54) is 36.0 Å². The summed E-state index contributed by atoms with van der Waals surface area (Å²) >= 11 is 4.66. The van der Waals surface area contributed by atoms with Crippen LogP contribution in [-0.4, -0.2) is 40.7 Å². The molecule has 3 aromatic rings. The topological polar surface area (TPSA) is 96.6 Å². The molecule has 8 nitrogen and oxygen atoms in total. The fourth-order valence-corrected chi connectivity index (χ4v) is 5.02. The molecule has 0 fully saturated rings. The Morgan fingerprint density at radius 1 is 1.08 bits per heavy atom. The van der Waals surface area contributed by atoms with Crippen LogP contribution < -0.4 is 14.2 Å². The number of rotatable bonds is 8. The fraction of sp³-hybridized carbons (Fsp3) is 0.111. The van der Waals surface area contributed by atoms with Crippen molar-refractivity contribution < 1.29 is 23.4 Å². The first kappa shape index (κ1) is 25.7. The van der Waals surface area contributed by atoms with Gasteiger partial charge in [0.15, 0.2) is 17.3 Å². The largest absolute Gasteiger partial charge is 0.493 e. The number of amidine groups is 2. The minimum absolute atomic E-state index is 0.00361. The number of amides is 1. The van der Waals surface area contributed by atoms with E-state index in [2.05, 4.69) is 26.0 Å².